The molecule has 1 heterocycles. The number of nitrogens with zero attached hydrogens (tertiary/aromatic N) is 1. The Bertz CT molecular complexity index is 1350. The predicted octanol–water partition coefficient (Wildman–Crippen LogP) is 4.92. The summed E-state index contributed by atoms with van der Waals surface area (Å²) in [6.45, 7) is 5.18. The monoisotopic (exact) mass is 526 g/mol. The lowest BCUT2D eigenvalue weighted by Gasteiger charge is -2.35. The van der Waals surface area contributed by atoms with E-state index < -0.39 is 49.3 Å². The zero-order valence-corrected chi connectivity index (χ0v) is 20.6. The second-order valence-corrected chi connectivity index (χ2v) is 11.7. The molecule has 1 aliphatic heterocycles. The van der Waals surface area contributed by atoms with Gasteiger partial charge in [0, 0.05) is 22.8 Å². The highest BCUT2D eigenvalue weighted by Crippen LogP contribution is 2.53. The molecule has 11 heteroatoms. The molecule has 0 saturated heterocycles. The third kappa shape index (κ3) is 4.17. The maximum absolute atomic E-state index is 14.9. The van der Waals surface area contributed by atoms with Crippen molar-refractivity contribution in [3.8, 4) is 0 Å². The quantitative estimate of drug-likeness (QED) is 0.613. The van der Waals surface area contributed by atoms with Crippen LogP contribution in [0.25, 0.3) is 0 Å². The van der Waals surface area contributed by atoms with Crippen molar-refractivity contribution in [2.24, 2.45) is 5.41 Å². The van der Waals surface area contributed by atoms with E-state index in [9.17, 15) is 31.2 Å². The largest absolute Gasteiger partial charge is 0.421 e. The van der Waals surface area contributed by atoms with Gasteiger partial charge >= 0.3 is 6.18 Å². The number of Topliss-reactive ketones (excluding diaryl/α,β-unsaturated/α-hetero) is 1. The van der Waals surface area contributed by atoms with E-state index in [2.05, 4.69) is 0 Å². The molecule has 186 valence electrons. The molecule has 0 bridgehead atoms. The number of hydrogen-bond donors (Lipinski definition) is 1. The molecule has 0 saturated carbocycles. The molecule has 0 radical (unpaired) electrons. The average Bonchev–Trinajstić information content (AvgIpc) is 2.96. The number of amides is 1. The third-order valence-electron chi connectivity index (χ3n) is 6.15. The van der Waals surface area contributed by atoms with E-state index in [0.717, 1.165) is 22.6 Å². The highest BCUT2D eigenvalue weighted by molar-refractivity contribution is 7.89. The van der Waals surface area contributed by atoms with Crippen LogP contribution in [-0.4, -0.2) is 31.8 Å². The number of nitrogens with one attached hydrogen (secondary N) is 1. The minimum absolute atomic E-state index is 0.0335. The standard InChI is InChI=1S/C24H22ClF3N2O4S/c1-14-4-8-16(9-5-14)30-18-12-22(2,3)13-19(31)20(18)23(21(30)32,24(26,27)28)29-35(33,34)17-10-6-15(25)7-11-17/h4-11,29H,12-13H2,1-3H3/t23-/m1/s1. The van der Waals surface area contributed by atoms with Crippen LogP contribution in [0.2, 0.25) is 5.02 Å². The van der Waals surface area contributed by atoms with Gasteiger partial charge in [-0.15, -0.1) is 0 Å². The number of allylic oxidation sites excluding steroid dienone is 1. The summed E-state index contributed by atoms with van der Waals surface area (Å²) in [7, 11) is -4.91. The van der Waals surface area contributed by atoms with E-state index in [1.807, 2.05) is 0 Å². The molecule has 0 spiro atoms. The van der Waals surface area contributed by atoms with Gasteiger partial charge in [0.05, 0.1) is 10.5 Å². The summed E-state index contributed by atoms with van der Waals surface area (Å²) < 4.78 is 72.5. The van der Waals surface area contributed by atoms with Gasteiger partial charge in [0.25, 0.3) is 5.91 Å². The molecule has 0 fully saturated rings. The first-order valence-electron chi connectivity index (χ1n) is 10.6. The Balaban J connectivity index is 1.98. The van der Waals surface area contributed by atoms with Crippen LogP contribution in [0.3, 0.4) is 0 Å². The zero-order chi connectivity index (χ0) is 26.0. The Labute approximate surface area is 205 Å². The molecule has 1 aliphatic carbocycles. The number of benzene rings is 2. The average molecular weight is 527 g/mol. The first-order valence-corrected chi connectivity index (χ1v) is 12.5. The molecule has 4 rings (SSSR count). The maximum Gasteiger partial charge on any atom is 0.421 e. The highest BCUT2D eigenvalue weighted by Gasteiger charge is 2.72. The highest BCUT2D eigenvalue weighted by atomic mass is 35.5. The first-order chi connectivity index (χ1) is 16.1. The summed E-state index contributed by atoms with van der Waals surface area (Å²) >= 11 is 5.78. The molecule has 2 aromatic rings. The van der Waals surface area contributed by atoms with Crippen LogP contribution in [0.5, 0.6) is 0 Å². The van der Waals surface area contributed by atoms with Gasteiger partial charge in [-0.25, -0.2) is 8.42 Å². The van der Waals surface area contributed by atoms with Crippen molar-refractivity contribution in [3.05, 3.63) is 70.4 Å². The molecule has 6 nitrogen and oxygen atoms in total. The SMILES string of the molecule is Cc1ccc(N2C(=O)[C@@](NS(=O)(=O)c3ccc(Cl)cc3)(C(F)(F)F)C3=C2CC(C)(C)CC3=O)cc1. The van der Waals surface area contributed by atoms with Crippen molar-refractivity contribution in [2.45, 2.75) is 50.2 Å². The number of halogens is 4. The molecule has 35 heavy (non-hydrogen) atoms. The van der Waals surface area contributed by atoms with Crippen LogP contribution >= 0.6 is 11.6 Å². The van der Waals surface area contributed by atoms with Gasteiger partial charge in [0.2, 0.25) is 15.6 Å². The fraction of sp³-hybridized carbons (Fsp3) is 0.333. The number of ketones is 1. The summed E-state index contributed by atoms with van der Waals surface area (Å²) in [4.78, 5) is 27.2. The van der Waals surface area contributed by atoms with Crippen LogP contribution in [-0.2, 0) is 19.6 Å². The molecule has 0 aromatic heterocycles. The van der Waals surface area contributed by atoms with Crippen LogP contribution in [0, 0.1) is 12.3 Å². The van der Waals surface area contributed by atoms with Crippen LogP contribution in [0.15, 0.2) is 64.7 Å². The summed E-state index contributed by atoms with van der Waals surface area (Å²) in [6.07, 6.45) is -5.77. The molecule has 1 atom stereocenters. The second kappa shape index (κ2) is 8.18. The lowest BCUT2D eigenvalue weighted by Crippen LogP contribution is -2.66. The van der Waals surface area contributed by atoms with Gasteiger partial charge in [0.1, 0.15) is 0 Å². The number of aryl methyl sites for hydroxylation is 1. The van der Waals surface area contributed by atoms with Gasteiger partial charge in [-0.1, -0.05) is 43.1 Å². The molecule has 2 aromatic carbocycles. The number of alkyl halides is 3. The van der Waals surface area contributed by atoms with Crippen molar-refractivity contribution in [2.75, 3.05) is 4.90 Å². The summed E-state index contributed by atoms with van der Waals surface area (Å²) in [5.74, 6) is -2.53. The molecular weight excluding hydrogens is 505 g/mol. The number of hydrogen-bond acceptors (Lipinski definition) is 4. The number of sulfonamides is 1. The Morgan fingerprint density at radius 2 is 1.54 bits per heavy atom. The van der Waals surface area contributed by atoms with Gasteiger partial charge in [-0.2, -0.15) is 17.9 Å². The summed E-state index contributed by atoms with van der Waals surface area (Å²) in [5, 5.41) is 0.173. The predicted molar refractivity (Wildman–Crippen MR) is 124 cm³/mol. The van der Waals surface area contributed by atoms with E-state index in [1.165, 1.54) is 24.3 Å². The van der Waals surface area contributed by atoms with Gasteiger partial charge in [0.15, 0.2) is 5.78 Å². The molecule has 2 aliphatic rings. The molecule has 1 amide bonds. The van der Waals surface area contributed by atoms with E-state index in [-0.39, 0.29) is 29.2 Å². The molecule has 1 N–H and O–H groups in total. The lowest BCUT2D eigenvalue weighted by atomic mass is 9.72. The maximum atomic E-state index is 14.9. The van der Waals surface area contributed by atoms with E-state index in [0.29, 0.717) is 0 Å². The Morgan fingerprint density at radius 1 is 0.971 bits per heavy atom. The Kier molecular flexibility index (Phi) is 5.94. The number of anilines is 1. The molecule has 0 unspecified atom stereocenters. The van der Waals surface area contributed by atoms with Crippen molar-refractivity contribution < 1.29 is 31.2 Å². The second-order valence-electron chi connectivity index (χ2n) is 9.55. The lowest BCUT2D eigenvalue weighted by molar-refractivity contribution is -0.184. The van der Waals surface area contributed by atoms with E-state index in [1.54, 1.807) is 37.6 Å². The minimum Gasteiger partial charge on any atom is -0.294 e. The van der Waals surface area contributed by atoms with E-state index in [4.69, 9.17) is 11.6 Å². The minimum atomic E-state index is -5.46. The van der Waals surface area contributed by atoms with Crippen molar-refractivity contribution in [1.29, 1.82) is 0 Å². The van der Waals surface area contributed by atoms with Gasteiger partial charge in [-0.3, -0.25) is 14.5 Å². The summed E-state index contributed by atoms with van der Waals surface area (Å²) in [5.41, 5.74) is -4.64. The third-order valence-corrected chi connectivity index (χ3v) is 7.87. The fourth-order valence-electron chi connectivity index (χ4n) is 4.56. The molecular formula is C24H22ClF3N2O4S. The Hall–Kier alpha value is -2.69. The zero-order valence-electron chi connectivity index (χ0n) is 19.0. The summed E-state index contributed by atoms with van der Waals surface area (Å²) in [6, 6.07) is 10.6. The number of rotatable bonds is 4. The Morgan fingerprint density at radius 3 is 2.09 bits per heavy atom. The number of carbonyl (C=O) groups excluding carboxylic acids is 2. The van der Waals surface area contributed by atoms with E-state index >= 15 is 0 Å². The van der Waals surface area contributed by atoms with Gasteiger partial charge in [-0.05, 0) is 55.2 Å². The first kappa shape index (κ1) is 25.4. The van der Waals surface area contributed by atoms with Gasteiger partial charge < -0.3 is 0 Å². The van der Waals surface area contributed by atoms with Crippen LogP contribution < -0.4 is 9.62 Å². The van der Waals surface area contributed by atoms with Crippen molar-refractivity contribution >= 4 is 39.0 Å². The fourth-order valence-corrected chi connectivity index (χ4v) is 6.00. The number of carbonyl (C=O) groups is 2. The van der Waals surface area contributed by atoms with Crippen molar-refractivity contribution in [3.63, 3.8) is 0 Å². The topological polar surface area (TPSA) is 83.6 Å². The smallest absolute Gasteiger partial charge is 0.294 e. The van der Waals surface area contributed by atoms with Crippen molar-refractivity contribution in [1.82, 2.24) is 4.72 Å². The normalized spacial score (nSPS) is 22.5. The van der Waals surface area contributed by atoms with Crippen LogP contribution in [0.4, 0.5) is 18.9 Å². The van der Waals surface area contributed by atoms with Crippen LogP contribution in [0.1, 0.15) is 32.3 Å².